The number of amides is 1. The molecule has 1 aromatic carbocycles. The van der Waals surface area contributed by atoms with Crippen LogP contribution < -0.4 is 10.6 Å². The fourth-order valence-corrected chi connectivity index (χ4v) is 1.76. The molecule has 0 saturated heterocycles. The summed E-state index contributed by atoms with van der Waals surface area (Å²) in [4.78, 5) is 23.0. The molecule has 0 heterocycles. The maximum Gasteiger partial charge on any atom is 0.326 e. The third-order valence-electron chi connectivity index (χ3n) is 2.86. The van der Waals surface area contributed by atoms with E-state index in [-0.39, 0.29) is 18.2 Å². The molecule has 0 aromatic heterocycles. The van der Waals surface area contributed by atoms with Gasteiger partial charge in [-0.25, -0.2) is 4.79 Å². The minimum atomic E-state index is -1.02. The molecule has 0 saturated carbocycles. The average molecular weight is 264 g/mol. The molecule has 0 spiro atoms. The molecule has 19 heavy (non-hydrogen) atoms. The van der Waals surface area contributed by atoms with Gasteiger partial charge in [0, 0.05) is 18.9 Å². The van der Waals surface area contributed by atoms with E-state index in [9.17, 15) is 9.59 Å². The lowest BCUT2D eigenvalue weighted by atomic mass is 10.0. The molecule has 1 unspecified atom stereocenters. The number of benzene rings is 1. The lowest BCUT2D eigenvalue weighted by molar-refractivity contribution is -0.142. The Morgan fingerprint density at radius 1 is 1.26 bits per heavy atom. The van der Waals surface area contributed by atoms with Crippen LogP contribution in [-0.4, -0.2) is 36.6 Å². The highest BCUT2D eigenvalue weighted by atomic mass is 16.4. The second-order valence-corrected chi connectivity index (χ2v) is 4.55. The standard InChI is InChI=1S/C14H20N2O3/c1-10(9-15-2)13(17)16-12(14(18)19)8-11-6-4-3-5-7-11/h3-7,10,12,15H,8-9H2,1-2H3,(H,16,17)(H,18,19)/t10?,12-/m0/s1. The highest BCUT2D eigenvalue weighted by Gasteiger charge is 2.22. The van der Waals surface area contributed by atoms with Crippen molar-refractivity contribution in [1.82, 2.24) is 10.6 Å². The Morgan fingerprint density at radius 3 is 2.42 bits per heavy atom. The van der Waals surface area contributed by atoms with Gasteiger partial charge >= 0.3 is 5.97 Å². The summed E-state index contributed by atoms with van der Waals surface area (Å²) in [7, 11) is 1.75. The summed E-state index contributed by atoms with van der Waals surface area (Å²) in [6.07, 6.45) is 0.286. The highest BCUT2D eigenvalue weighted by Crippen LogP contribution is 2.04. The molecular formula is C14H20N2O3. The van der Waals surface area contributed by atoms with Crippen molar-refractivity contribution in [2.45, 2.75) is 19.4 Å². The first-order valence-corrected chi connectivity index (χ1v) is 6.26. The van der Waals surface area contributed by atoms with Gasteiger partial charge in [0.05, 0.1) is 0 Å². The lowest BCUT2D eigenvalue weighted by Crippen LogP contribution is -2.45. The van der Waals surface area contributed by atoms with Gasteiger partial charge in [-0.2, -0.15) is 0 Å². The molecule has 2 atom stereocenters. The summed E-state index contributed by atoms with van der Waals surface area (Å²) >= 11 is 0. The van der Waals surface area contributed by atoms with E-state index in [0.29, 0.717) is 6.54 Å². The molecule has 104 valence electrons. The number of carbonyl (C=O) groups is 2. The van der Waals surface area contributed by atoms with Gasteiger partial charge < -0.3 is 15.7 Å². The van der Waals surface area contributed by atoms with Crippen molar-refractivity contribution in [2.75, 3.05) is 13.6 Å². The van der Waals surface area contributed by atoms with E-state index >= 15 is 0 Å². The molecule has 1 amide bonds. The van der Waals surface area contributed by atoms with Crippen LogP contribution in [0.5, 0.6) is 0 Å². The van der Waals surface area contributed by atoms with Gasteiger partial charge in [0.15, 0.2) is 0 Å². The van der Waals surface area contributed by atoms with E-state index < -0.39 is 12.0 Å². The highest BCUT2D eigenvalue weighted by molar-refractivity contribution is 5.85. The van der Waals surface area contributed by atoms with Gasteiger partial charge in [-0.3, -0.25) is 4.79 Å². The molecular weight excluding hydrogens is 244 g/mol. The summed E-state index contributed by atoms with van der Waals surface area (Å²) in [5.74, 6) is -1.53. The monoisotopic (exact) mass is 264 g/mol. The fourth-order valence-electron chi connectivity index (χ4n) is 1.76. The first-order valence-electron chi connectivity index (χ1n) is 6.26. The summed E-state index contributed by atoms with van der Waals surface area (Å²) in [6, 6.07) is 8.36. The van der Waals surface area contributed by atoms with Gasteiger partial charge in [0.1, 0.15) is 6.04 Å². The predicted octanol–water partition coefficient (Wildman–Crippen LogP) is 0.654. The molecule has 0 aliphatic carbocycles. The molecule has 0 fully saturated rings. The van der Waals surface area contributed by atoms with Crippen molar-refractivity contribution in [3.05, 3.63) is 35.9 Å². The minimum Gasteiger partial charge on any atom is -0.480 e. The van der Waals surface area contributed by atoms with Crippen LogP contribution in [0.2, 0.25) is 0 Å². The Morgan fingerprint density at radius 2 is 1.89 bits per heavy atom. The SMILES string of the molecule is CNCC(C)C(=O)N[C@@H](Cc1ccccc1)C(=O)O. The second-order valence-electron chi connectivity index (χ2n) is 4.55. The molecule has 1 rings (SSSR count). The Balaban J connectivity index is 2.64. The smallest absolute Gasteiger partial charge is 0.326 e. The Kier molecular flexibility index (Phi) is 6.02. The van der Waals surface area contributed by atoms with E-state index in [0.717, 1.165) is 5.56 Å². The van der Waals surface area contributed by atoms with Crippen LogP contribution in [0.4, 0.5) is 0 Å². The number of carboxylic acids is 1. The van der Waals surface area contributed by atoms with E-state index in [4.69, 9.17) is 5.11 Å². The summed E-state index contributed by atoms with van der Waals surface area (Å²) in [6.45, 7) is 2.27. The van der Waals surface area contributed by atoms with E-state index in [1.807, 2.05) is 30.3 Å². The molecule has 0 aliphatic heterocycles. The number of carbonyl (C=O) groups excluding carboxylic acids is 1. The zero-order chi connectivity index (χ0) is 14.3. The molecule has 0 radical (unpaired) electrons. The average Bonchev–Trinajstić information content (AvgIpc) is 2.39. The molecule has 0 aliphatic rings. The molecule has 5 nitrogen and oxygen atoms in total. The number of carboxylic acid groups (broad SMARTS) is 1. The number of rotatable bonds is 7. The Hall–Kier alpha value is -1.88. The van der Waals surface area contributed by atoms with Crippen molar-refractivity contribution in [2.24, 2.45) is 5.92 Å². The van der Waals surface area contributed by atoms with Crippen molar-refractivity contribution < 1.29 is 14.7 Å². The van der Waals surface area contributed by atoms with E-state index in [2.05, 4.69) is 10.6 Å². The molecule has 3 N–H and O–H groups in total. The quantitative estimate of drug-likeness (QED) is 0.676. The number of aliphatic carboxylic acids is 1. The van der Waals surface area contributed by atoms with Crippen LogP contribution in [0.15, 0.2) is 30.3 Å². The van der Waals surface area contributed by atoms with Crippen molar-refractivity contribution >= 4 is 11.9 Å². The molecule has 0 bridgehead atoms. The number of hydrogen-bond acceptors (Lipinski definition) is 3. The van der Waals surface area contributed by atoms with Crippen molar-refractivity contribution in [1.29, 1.82) is 0 Å². The first-order chi connectivity index (χ1) is 9.04. The van der Waals surface area contributed by atoms with Gasteiger partial charge in [-0.1, -0.05) is 37.3 Å². The van der Waals surface area contributed by atoms with E-state index in [1.165, 1.54) is 0 Å². The summed E-state index contributed by atoms with van der Waals surface area (Å²) in [5.41, 5.74) is 0.886. The maximum absolute atomic E-state index is 11.8. The van der Waals surface area contributed by atoms with Gasteiger partial charge in [0.2, 0.25) is 5.91 Å². The van der Waals surface area contributed by atoms with Crippen LogP contribution in [0, 0.1) is 5.92 Å². The van der Waals surface area contributed by atoms with Gasteiger partial charge in [-0.15, -0.1) is 0 Å². The number of nitrogens with one attached hydrogen (secondary N) is 2. The van der Waals surface area contributed by atoms with Gasteiger partial charge in [0.25, 0.3) is 0 Å². The zero-order valence-corrected chi connectivity index (χ0v) is 11.2. The summed E-state index contributed by atoms with van der Waals surface area (Å²) < 4.78 is 0. The predicted molar refractivity (Wildman–Crippen MR) is 72.8 cm³/mol. The summed E-state index contributed by atoms with van der Waals surface area (Å²) in [5, 5.41) is 14.6. The molecule has 5 heteroatoms. The van der Waals surface area contributed by atoms with Crippen molar-refractivity contribution in [3.63, 3.8) is 0 Å². The zero-order valence-electron chi connectivity index (χ0n) is 11.2. The third kappa shape index (κ3) is 5.09. The first kappa shape index (κ1) is 15.2. The minimum absolute atomic E-state index is 0.252. The molecule has 1 aromatic rings. The lowest BCUT2D eigenvalue weighted by Gasteiger charge is -2.17. The van der Waals surface area contributed by atoms with Crippen LogP contribution in [-0.2, 0) is 16.0 Å². The second kappa shape index (κ2) is 7.53. The number of hydrogen-bond donors (Lipinski definition) is 3. The van der Waals surface area contributed by atoms with Crippen LogP contribution in [0.25, 0.3) is 0 Å². The third-order valence-corrected chi connectivity index (χ3v) is 2.86. The van der Waals surface area contributed by atoms with Crippen molar-refractivity contribution in [3.8, 4) is 0 Å². The maximum atomic E-state index is 11.8. The normalized spacial score (nSPS) is 13.6. The van der Waals surface area contributed by atoms with Crippen LogP contribution in [0.1, 0.15) is 12.5 Å². The Labute approximate surface area is 113 Å². The van der Waals surface area contributed by atoms with Gasteiger partial charge in [-0.05, 0) is 12.6 Å². The largest absolute Gasteiger partial charge is 0.480 e. The fraction of sp³-hybridized carbons (Fsp3) is 0.429. The van der Waals surface area contributed by atoms with Crippen LogP contribution >= 0.6 is 0 Å². The van der Waals surface area contributed by atoms with Crippen LogP contribution in [0.3, 0.4) is 0 Å². The topological polar surface area (TPSA) is 78.4 Å². The van der Waals surface area contributed by atoms with E-state index in [1.54, 1.807) is 14.0 Å². The Bertz CT molecular complexity index is 420.